The highest BCUT2D eigenvalue weighted by Crippen LogP contribution is 2.36. The number of likely N-dealkylation sites (N-methyl/N-ethyl adjacent to an activating group) is 1. The molecule has 3 fully saturated rings. The first-order chi connectivity index (χ1) is 20.2. The van der Waals surface area contributed by atoms with E-state index in [1.165, 1.54) is 0 Å². The molecule has 3 aromatic heterocycles. The second kappa shape index (κ2) is 11.5. The summed E-state index contributed by atoms with van der Waals surface area (Å²) < 4.78 is 31.7. The molecule has 2 atom stereocenters. The number of carbonyl (C=O) groups is 1. The Balaban J connectivity index is 1.14. The minimum atomic E-state index is -3.42. The lowest BCUT2D eigenvalue weighted by Gasteiger charge is -2.41. The van der Waals surface area contributed by atoms with Crippen molar-refractivity contribution >= 4 is 38.9 Å². The average molecular weight is 595 g/mol. The Kier molecular flexibility index (Phi) is 7.77. The van der Waals surface area contributed by atoms with Crippen LogP contribution in [0.5, 0.6) is 0 Å². The number of allylic oxidation sites excluding steroid dienone is 2. The number of carbonyl (C=O) groups excluding carboxylic acids is 1. The zero-order chi connectivity index (χ0) is 29.4. The number of amides is 1. The summed E-state index contributed by atoms with van der Waals surface area (Å²) in [6.07, 6.45) is 10.4. The lowest BCUT2D eigenvalue weighted by molar-refractivity contribution is -0.133. The molecule has 0 aromatic carbocycles. The number of sulfonamides is 1. The molecule has 1 amide bonds. The Morgan fingerprint density at radius 3 is 2.62 bits per heavy atom. The van der Waals surface area contributed by atoms with Crippen LogP contribution in [0.1, 0.15) is 19.8 Å². The van der Waals surface area contributed by atoms with E-state index in [0.29, 0.717) is 30.4 Å². The van der Waals surface area contributed by atoms with Gasteiger partial charge in [-0.05, 0) is 38.9 Å². The number of rotatable bonds is 9. The quantitative estimate of drug-likeness (QED) is 0.368. The topological polar surface area (TPSA) is 124 Å². The Bertz CT molecular complexity index is 1590. The van der Waals surface area contributed by atoms with Crippen molar-refractivity contribution in [2.75, 3.05) is 62.3 Å². The first-order valence-electron chi connectivity index (χ1n) is 14.4. The number of hydrogen-bond acceptors (Lipinski definition) is 9. The monoisotopic (exact) mass is 594 g/mol. The van der Waals surface area contributed by atoms with Gasteiger partial charge in [-0.1, -0.05) is 24.3 Å². The smallest absolute Gasteiger partial charge is 0.247 e. The molecule has 14 heteroatoms. The van der Waals surface area contributed by atoms with E-state index in [1.54, 1.807) is 38.0 Å². The molecule has 0 radical (unpaired) electrons. The standard InChI is InChI=1S/C28H38N10O3S/c1-4-6-21(2)20-42(40,41)38-23-8-9-24(38)18-35(17-23)25-7-5-10-37-27(25)31-28(32-37)30-22-15-29-36(16-22)19-26(39)34-13-11-33(3)12-14-34/h4-7,10,15-16,23-24H,1,8-9,11-14,17-20H2,2-3H3,(H,30,32)/b21-6+. The van der Waals surface area contributed by atoms with Crippen molar-refractivity contribution in [2.45, 2.75) is 38.4 Å². The minimum Gasteiger partial charge on any atom is -0.365 e. The van der Waals surface area contributed by atoms with Crippen molar-refractivity contribution in [1.82, 2.24) is 38.5 Å². The third kappa shape index (κ3) is 5.78. The van der Waals surface area contributed by atoms with Crippen molar-refractivity contribution in [3.63, 3.8) is 0 Å². The highest BCUT2D eigenvalue weighted by Gasteiger charge is 2.46. The zero-order valence-corrected chi connectivity index (χ0v) is 24.9. The van der Waals surface area contributed by atoms with Gasteiger partial charge in [0.1, 0.15) is 6.54 Å². The maximum Gasteiger partial charge on any atom is 0.247 e. The van der Waals surface area contributed by atoms with Gasteiger partial charge in [-0.25, -0.2) is 12.9 Å². The van der Waals surface area contributed by atoms with Crippen molar-refractivity contribution in [3.8, 4) is 0 Å². The summed E-state index contributed by atoms with van der Waals surface area (Å²) >= 11 is 0. The summed E-state index contributed by atoms with van der Waals surface area (Å²) in [5.74, 6) is 0.487. The first-order valence-corrected chi connectivity index (χ1v) is 16.0. The average Bonchev–Trinajstić information content (AvgIpc) is 3.64. The van der Waals surface area contributed by atoms with E-state index in [0.717, 1.165) is 50.3 Å². The molecule has 6 heterocycles. The summed E-state index contributed by atoms with van der Waals surface area (Å²) in [7, 11) is -1.36. The van der Waals surface area contributed by atoms with Crippen LogP contribution in [0.25, 0.3) is 5.65 Å². The summed E-state index contributed by atoms with van der Waals surface area (Å²) in [6.45, 7) is 10.1. The summed E-state index contributed by atoms with van der Waals surface area (Å²) in [6, 6.07) is 3.78. The van der Waals surface area contributed by atoms with E-state index in [2.05, 4.69) is 38.9 Å². The van der Waals surface area contributed by atoms with Gasteiger partial charge in [0, 0.05) is 63.7 Å². The minimum absolute atomic E-state index is 0.0153. The highest BCUT2D eigenvalue weighted by atomic mass is 32.2. The SMILES string of the molecule is C=C/C=C(\C)CS(=O)(=O)N1C2CCC1CN(c1cccn3nc(Nc4cnn(CC(=O)N5CCN(C)CC5)c4)nc13)C2. The normalized spacial score (nSPS) is 22.2. The molecule has 224 valence electrons. The molecule has 3 aliphatic heterocycles. The zero-order valence-electron chi connectivity index (χ0n) is 24.1. The van der Waals surface area contributed by atoms with Crippen LogP contribution in [-0.4, -0.2) is 117 Å². The number of nitrogens with one attached hydrogen (secondary N) is 1. The van der Waals surface area contributed by atoms with Gasteiger partial charge in [0.25, 0.3) is 0 Å². The molecule has 13 nitrogen and oxygen atoms in total. The van der Waals surface area contributed by atoms with Crippen LogP contribution in [0.4, 0.5) is 17.3 Å². The third-order valence-electron chi connectivity index (χ3n) is 8.27. The van der Waals surface area contributed by atoms with Gasteiger partial charge in [-0.15, -0.1) is 5.10 Å². The Hall–Kier alpha value is -3.75. The Labute approximate surface area is 246 Å². The number of hydrogen-bond donors (Lipinski definition) is 1. The fourth-order valence-corrected chi connectivity index (χ4v) is 8.33. The van der Waals surface area contributed by atoms with E-state index in [4.69, 9.17) is 4.98 Å². The van der Waals surface area contributed by atoms with Crippen LogP contribution in [0.3, 0.4) is 0 Å². The van der Waals surface area contributed by atoms with Crippen LogP contribution in [0, 0.1) is 0 Å². The van der Waals surface area contributed by atoms with Gasteiger partial charge in [0.05, 0.1) is 23.3 Å². The van der Waals surface area contributed by atoms with Crippen molar-refractivity contribution in [2.24, 2.45) is 0 Å². The van der Waals surface area contributed by atoms with Gasteiger partial charge < -0.3 is 20.0 Å². The van der Waals surface area contributed by atoms with Crippen LogP contribution in [0.2, 0.25) is 0 Å². The molecule has 42 heavy (non-hydrogen) atoms. The van der Waals surface area contributed by atoms with Gasteiger partial charge in [-0.3, -0.25) is 9.48 Å². The molecular formula is C28H38N10O3S. The number of fused-ring (bicyclic) bond motifs is 3. The maximum atomic E-state index is 13.3. The first kappa shape index (κ1) is 28.4. The number of aromatic nitrogens is 5. The molecule has 3 saturated heterocycles. The second-order valence-corrected chi connectivity index (χ2v) is 13.3. The van der Waals surface area contributed by atoms with Crippen LogP contribution < -0.4 is 10.2 Å². The van der Waals surface area contributed by atoms with Crippen LogP contribution in [-0.2, 0) is 21.4 Å². The fourth-order valence-electron chi connectivity index (χ4n) is 6.26. The van der Waals surface area contributed by atoms with Crippen molar-refractivity contribution in [3.05, 3.63) is 55.0 Å². The largest absolute Gasteiger partial charge is 0.365 e. The van der Waals surface area contributed by atoms with E-state index < -0.39 is 10.0 Å². The van der Waals surface area contributed by atoms with Crippen LogP contribution >= 0.6 is 0 Å². The Morgan fingerprint density at radius 1 is 1.17 bits per heavy atom. The molecule has 2 bridgehead atoms. The molecule has 0 saturated carbocycles. The predicted molar refractivity (Wildman–Crippen MR) is 161 cm³/mol. The van der Waals surface area contributed by atoms with E-state index >= 15 is 0 Å². The predicted octanol–water partition coefficient (Wildman–Crippen LogP) is 1.56. The molecule has 2 unspecified atom stereocenters. The summed E-state index contributed by atoms with van der Waals surface area (Å²) in [4.78, 5) is 23.8. The summed E-state index contributed by atoms with van der Waals surface area (Å²) in [5.41, 5.74) is 3.09. The lowest BCUT2D eigenvalue weighted by Crippen LogP contribution is -2.56. The van der Waals surface area contributed by atoms with E-state index in [-0.39, 0.29) is 30.3 Å². The molecule has 0 aliphatic carbocycles. The van der Waals surface area contributed by atoms with Gasteiger partial charge in [0.2, 0.25) is 21.9 Å². The lowest BCUT2D eigenvalue weighted by atomic mass is 10.2. The molecule has 0 spiro atoms. The number of pyridine rings is 1. The fraction of sp³-hybridized carbons (Fsp3) is 0.500. The van der Waals surface area contributed by atoms with Crippen molar-refractivity contribution in [1.29, 1.82) is 0 Å². The number of anilines is 3. The van der Waals surface area contributed by atoms with Crippen LogP contribution in [0.15, 0.2) is 55.0 Å². The third-order valence-corrected chi connectivity index (χ3v) is 10.3. The van der Waals surface area contributed by atoms with Gasteiger partial charge in [0.15, 0.2) is 5.65 Å². The Morgan fingerprint density at radius 2 is 1.90 bits per heavy atom. The van der Waals surface area contributed by atoms with E-state index in [9.17, 15) is 13.2 Å². The molecular weight excluding hydrogens is 556 g/mol. The maximum absolute atomic E-state index is 13.3. The molecule has 1 N–H and O–H groups in total. The molecule has 6 rings (SSSR count). The second-order valence-electron chi connectivity index (χ2n) is 11.5. The number of piperazine rings is 2. The van der Waals surface area contributed by atoms with Gasteiger partial charge in [-0.2, -0.15) is 14.4 Å². The number of nitrogens with zero attached hydrogens (tertiary/aromatic N) is 9. The summed E-state index contributed by atoms with van der Waals surface area (Å²) in [5, 5.41) is 12.2. The molecule has 3 aliphatic rings. The molecule has 3 aromatic rings. The highest BCUT2D eigenvalue weighted by molar-refractivity contribution is 7.89. The van der Waals surface area contributed by atoms with Gasteiger partial charge >= 0.3 is 0 Å². The van der Waals surface area contributed by atoms with Crippen molar-refractivity contribution < 1.29 is 13.2 Å². The van der Waals surface area contributed by atoms with E-state index in [1.807, 2.05) is 30.2 Å².